The van der Waals surface area contributed by atoms with Crippen LogP contribution in [0, 0.1) is 0 Å². The molecule has 0 amide bonds. The van der Waals surface area contributed by atoms with E-state index in [1.165, 1.54) is 0 Å². The molecule has 3 nitrogen and oxygen atoms in total. The third-order valence-corrected chi connectivity index (χ3v) is 1.70. The number of hydrogen-bond donors (Lipinski definition) is 2. The summed E-state index contributed by atoms with van der Waals surface area (Å²) in [4.78, 5) is 0. The highest BCUT2D eigenvalue weighted by Crippen LogP contribution is 2.15. The topological polar surface area (TPSA) is 45.4 Å². The van der Waals surface area contributed by atoms with E-state index in [1.807, 2.05) is 20.0 Å². The maximum atomic E-state index is 8.69. The Labute approximate surface area is 66.0 Å². The fraction of sp³-hybridized carbons (Fsp3) is 0.500. The first-order valence-corrected chi connectivity index (χ1v) is 3.64. The van der Waals surface area contributed by atoms with Crippen molar-refractivity contribution >= 4 is 0 Å². The van der Waals surface area contributed by atoms with Gasteiger partial charge in [0.2, 0.25) is 0 Å². The van der Waals surface area contributed by atoms with Crippen LogP contribution in [0.3, 0.4) is 0 Å². The molecule has 1 aromatic rings. The Morgan fingerprint density at radius 2 is 2.36 bits per heavy atom. The molecule has 1 unspecified atom stereocenters. The van der Waals surface area contributed by atoms with Crippen molar-refractivity contribution < 1.29 is 9.52 Å². The standard InChI is InChI=1S/C8H13NO2/c1-6(9-2)8-4-3-7(5-10)11-8/h3-4,6,9-10H,5H2,1-2H3. The van der Waals surface area contributed by atoms with Gasteiger partial charge in [-0.25, -0.2) is 0 Å². The maximum absolute atomic E-state index is 8.69. The molecule has 0 bridgehead atoms. The number of aliphatic hydroxyl groups is 1. The van der Waals surface area contributed by atoms with Crippen molar-refractivity contribution in [2.24, 2.45) is 0 Å². The molecule has 0 radical (unpaired) electrons. The molecule has 0 aliphatic heterocycles. The molecule has 0 spiro atoms. The van der Waals surface area contributed by atoms with Gasteiger partial charge >= 0.3 is 0 Å². The molecule has 0 saturated heterocycles. The minimum Gasteiger partial charge on any atom is -0.462 e. The van der Waals surface area contributed by atoms with Gasteiger partial charge in [-0.1, -0.05) is 0 Å². The van der Waals surface area contributed by atoms with E-state index in [1.54, 1.807) is 6.07 Å². The Morgan fingerprint density at radius 1 is 1.64 bits per heavy atom. The lowest BCUT2D eigenvalue weighted by Gasteiger charge is -2.04. The second-order valence-electron chi connectivity index (χ2n) is 2.47. The van der Waals surface area contributed by atoms with Crippen LogP contribution in [0.15, 0.2) is 16.5 Å². The molecular formula is C8H13NO2. The summed E-state index contributed by atoms with van der Waals surface area (Å²) in [6, 6.07) is 3.85. The van der Waals surface area contributed by atoms with Crippen LogP contribution < -0.4 is 5.32 Å². The maximum Gasteiger partial charge on any atom is 0.129 e. The van der Waals surface area contributed by atoms with Gasteiger partial charge in [0, 0.05) is 0 Å². The van der Waals surface area contributed by atoms with Gasteiger partial charge in [-0.2, -0.15) is 0 Å². The molecule has 1 heterocycles. The summed E-state index contributed by atoms with van der Waals surface area (Å²) in [5, 5.41) is 11.7. The summed E-state index contributed by atoms with van der Waals surface area (Å²) in [5.41, 5.74) is 0. The summed E-state index contributed by atoms with van der Waals surface area (Å²) < 4.78 is 5.27. The van der Waals surface area contributed by atoms with E-state index in [4.69, 9.17) is 9.52 Å². The van der Waals surface area contributed by atoms with Crippen molar-refractivity contribution in [2.45, 2.75) is 19.6 Å². The van der Waals surface area contributed by atoms with E-state index in [2.05, 4.69) is 5.32 Å². The molecule has 2 N–H and O–H groups in total. The van der Waals surface area contributed by atoms with E-state index in [9.17, 15) is 0 Å². The Morgan fingerprint density at radius 3 is 2.82 bits per heavy atom. The van der Waals surface area contributed by atoms with Crippen molar-refractivity contribution in [1.29, 1.82) is 0 Å². The first-order valence-electron chi connectivity index (χ1n) is 3.64. The van der Waals surface area contributed by atoms with E-state index >= 15 is 0 Å². The van der Waals surface area contributed by atoms with Gasteiger partial charge in [0.1, 0.15) is 18.1 Å². The zero-order chi connectivity index (χ0) is 8.27. The number of furan rings is 1. The SMILES string of the molecule is CNC(C)c1ccc(CO)o1. The quantitative estimate of drug-likeness (QED) is 0.685. The molecule has 11 heavy (non-hydrogen) atoms. The van der Waals surface area contributed by atoms with E-state index < -0.39 is 0 Å². The lowest BCUT2D eigenvalue weighted by atomic mass is 10.3. The summed E-state index contributed by atoms with van der Waals surface area (Å²) >= 11 is 0. The Bertz CT molecular complexity index is 220. The number of nitrogens with one attached hydrogen (secondary N) is 1. The molecule has 3 heteroatoms. The smallest absolute Gasteiger partial charge is 0.129 e. The van der Waals surface area contributed by atoms with Crippen molar-refractivity contribution in [3.8, 4) is 0 Å². The fourth-order valence-electron chi connectivity index (χ4n) is 0.854. The van der Waals surface area contributed by atoms with E-state index in [-0.39, 0.29) is 12.6 Å². The lowest BCUT2D eigenvalue weighted by molar-refractivity contribution is 0.241. The van der Waals surface area contributed by atoms with Gasteiger partial charge in [0.25, 0.3) is 0 Å². The van der Waals surface area contributed by atoms with E-state index in [0.717, 1.165) is 5.76 Å². The van der Waals surface area contributed by atoms with Crippen molar-refractivity contribution in [3.63, 3.8) is 0 Å². The fourth-order valence-corrected chi connectivity index (χ4v) is 0.854. The van der Waals surface area contributed by atoms with Crippen molar-refractivity contribution in [3.05, 3.63) is 23.7 Å². The normalized spacial score (nSPS) is 13.4. The predicted octanol–water partition coefficient (Wildman–Crippen LogP) is 1.05. The second kappa shape index (κ2) is 3.55. The molecule has 0 aromatic carbocycles. The highest BCUT2D eigenvalue weighted by molar-refractivity contribution is 5.09. The molecule has 1 rings (SSSR count). The third kappa shape index (κ3) is 1.82. The molecule has 62 valence electrons. The number of hydrogen-bond acceptors (Lipinski definition) is 3. The van der Waals surface area contributed by atoms with Crippen molar-refractivity contribution in [2.75, 3.05) is 7.05 Å². The Kier molecular flexibility index (Phi) is 2.68. The van der Waals surface area contributed by atoms with Crippen LogP contribution in [0.2, 0.25) is 0 Å². The summed E-state index contributed by atoms with van der Waals surface area (Å²) in [5.74, 6) is 1.47. The Hall–Kier alpha value is -0.800. The van der Waals surface area contributed by atoms with Crippen molar-refractivity contribution in [1.82, 2.24) is 5.32 Å². The first kappa shape index (κ1) is 8.30. The summed E-state index contributed by atoms with van der Waals surface area (Å²) in [6.07, 6.45) is 0. The predicted molar refractivity (Wildman–Crippen MR) is 42.1 cm³/mol. The van der Waals surface area contributed by atoms with Gasteiger partial charge in [-0.05, 0) is 26.1 Å². The number of rotatable bonds is 3. The minimum atomic E-state index is -0.0313. The molecular weight excluding hydrogens is 142 g/mol. The van der Waals surface area contributed by atoms with Gasteiger partial charge in [-0.3, -0.25) is 0 Å². The zero-order valence-corrected chi connectivity index (χ0v) is 6.79. The van der Waals surface area contributed by atoms with Crippen LogP contribution >= 0.6 is 0 Å². The van der Waals surface area contributed by atoms with Crippen LogP contribution in [0.4, 0.5) is 0 Å². The van der Waals surface area contributed by atoms with Crippen LogP contribution in [0.25, 0.3) is 0 Å². The average Bonchev–Trinajstić information content (AvgIpc) is 2.50. The van der Waals surface area contributed by atoms with Crippen LogP contribution in [-0.2, 0) is 6.61 Å². The third-order valence-electron chi connectivity index (χ3n) is 1.70. The van der Waals surface area contributed by atoms with Gasteiger partial charge < -0.3 is 14.8 Å². The molecule has 0 saturated carbocycles. The monoisotopic (exact) mass is 155 g/mol. The lowest BCUT2D eigenvalue weighted by Crippen LogP contribution is -2.11. The molecule has 0 aliphatic rings. The molecule has 1 atom stereocenters. The molecule has 0 aliphatic carbocycles. The second-order valence-corrected chi connectivity index (χ2v) is 2.47. The Balaban J connectivity index is 2.71. The molecule has 1 aromatic heterocycles. The van der Waals surface area contributed by atoms with Crippen LogP contribution in [0.5, 0.6) is 0 Å². The van der Waals surface area contributed by atoms with Crippen LogP contribution in [0.1, 0.15) is 24.5 Å². The van der Waals surface area contributed by atoms with E-state index in [0.29, 0.717) is 5.76 Å². The first-order chi connectivity index (χ1) is 5.27. The largest absolute Gasteiger partial charge is 0.462 e. The minimum absolute atomic E-state index is 0.0313. The zero-order valence-electron chi connectivity index (χ0n) is 6.79. The van der Waals surface area contributed by atoms with Crippen LogP contribution in [-0.4, -0.2) is 12.2 Å². The van der Waals surface area contributed by atoms with Gasteiger partial charge in [0.15, 0.2) is 0 Å². The summed E-state index contributed by atoms with van der Waals surface area (Å²) in [6.45, 7) is 1.97. The van der Waals surface area contributed by atoms with Gasteiger partial charge in [0.05, 0.1) is 6.04 Å². The highest BCUT2D eigenvalue weighted by atomic mass is 16.4. The molecule has 0 fully saturated rings. The number of aliphatic hydroxyl groups excluding tert-OH is 1. The average molecular weight is 155 g/mol. The highest BCUT2D eigenvalue weighted by Gasteiger charge is 2.06. The summed E-state index contributed by atoms with van der Waals surface area (Å²) in [7, 11) is 1.87. The van der Waals surface area contributed by atoms with Gasteiger partial charge in [-0.15, -0.1) is 0 Å².